The fourth-order valence-corrected chi connectivity index (χ4v) is 3.73. The molecule has 0 saturated carbocycles. The summed E-state index contributed by atoms with van der Waals surface area (Å²) in [5.74, 6) is 0. The third kappa shape index (κ3) is 2.07. The summed E-state index contributed by atoms with van der Waals surface area (Å²) in [5.41, 5.74) is 0. The van der Waals surface area contributed by atoms with Crippen molar-refractivity contribution in [1.82, 2.24) is 9.80 Å². The Balaban J connectivity index is 1.68. The van der Waals surface area contributed by atoms with Crippen molar-refractivity contribution in [3.8, 4) is 0 Å². The molecule has 0 aliphatic carbocycles. The lowest BCUT2D eigenvalue weighted by Gasteiger charge is -2.48. The third-order valence-corrected chi connectivity index (χ3v) is 4.64. The van der Waals surface area contributed by atoms with Crippen LogP contribution in [0.1, 0.15) is 44.9 Å². The lowest BCUT2D eigenvalue weighted by molar-refractivity contribution is 0.0104. The van der Waals surface area contributed by atoms with Crippen molar-refractivity contribution in [2.45, 2.75) is 57.0 Å². The number of hydrogen-bond acceptors (Lipinski definition) is 2. The number of piperidine rings is 1. The summed E-state index contributed by atoms with van der Waals surface area (Å²) < 4.78 is 0. The smallest absolute Gasteiger partial charge is 0.0223 e. The number of hydrogen-bond donors (Lipinski definition) is 0. The van der Waals surface area contributed by atoms with Crippen LogP contribution in [0, 0.1) is 0 Å². The van der Waals surface area contributed by atoms with Gasteiger partial charge in [-0.15, -0.1) is 0 Å². The average Bonchev–Trinajstić information content (AvgIpc) is 2.50. The molecule has 0 aromatic rings. The van der Waals surface area contributed by atoms with Crippen LogP contribution in [0.2, 0.25) is 0 Å². The Labute approximate surface area is 93.6 Å². The van der Waals surface area contributed by atoms with Crippen molar-refractivity contribution < 1.29 is 0 Å². The van der Waals surface area contributed by atoms with Crippen molar-refractivity contribution in [2.24, 2.45) is 0 Å². The predicted octanol–water partition coefficient (Wildman–Crippen LogP) is 2.10. The van der Waals surface area contributed by atoms with Crippen LogP contribution >= 0.6 is 0 Å². The van der Waals surface area contributed by atoms with Gasteiger partial charge < -0.3 is 0 Å². The topological polar surface area (TPSA) is 6.48 Å². The van der Waals surface area contributed by atoms with Crippen LogP contribution in [-0.4, -0.2) is 48.1 Å². The normalized spacial score (nSPS) is 39.2. The molecular weight excluding hydrogens is 184 g/mol. The number of rotatable bonds is 0. The van der Waals surface area contributed by atoms with Crippen LogP contribution in [-0.2, 0) is 0 Å². The highest BCUT2D eigenvalue weighted by Gasteiger charge is 2.34. The van der Waals surface area contributed by atoms with Gasteiger partial charge in [0.05, 0.1) is 0 Å². The quantitative estimate of drug-likeness (QED) is 0.601. The van der Waals surface area contributed by atoms with E-state index in [-0.39, 0.29) is 0 Å². The Kier molecular flexibility index (Phi) is 2.98. The molecule has 0 radical (unpaired) electrons. The van der Waals surface area contributed by atoms with Crippen molar-refractivity contribution in [2.75, 3.05) is 26.2 Å². The molecule has 15 heavy (non-hydrogen) atoms. The lowest BCUT2D eigenvalue weighted by Crippen LogP contribution is -2.59. The second kappa shape index (κ2) is 4.42. The van der Waals surface area contributed by atoms with Crippen LogP contribution in [0.3, 0.4) is 0 Å². The molecule has 0 N–H and O–H groups in total. The van der Waals surface area contributed by atoms with E-state index in [2.05, 4.69) is 9.80 Å². The molecule has 3 rings (SSSR count). The first-order valence-electron chi connectivity index (χ1n) is 6.91. The van der Waals surface area contributed by atoms with Crippen molar-refractivity contribution in [3.63, 3.8) is 0 Å². The molecule has 0 bridgehead atoms. The molecule has 3 aliphatic heterocycles. The second-order valence-corrected chi connectivity index (χ2v) is 5.64. The minimum absolute atomic E-state index is 0.904. The summed E-state index contributed by atoms with van der Waals surface area (Å²) in [6.07, 6.45) is 10.2. The van der Waals surface area contributed by atoms with E-state index in [0.29, 0.717) is 0 Å². The van der Waals surface area contributed by atoms with E-state index in [0.717, 1.165) is 12.1 Å². The molecule has 2 nitrogen and oxygen atoms in total. The Morgan fingerprint density at radius 3 is 1.80 bits per heavy atom. The standard InChI is InChI=1S/C13H24N2/c1-2-6-12-10-15-9-5-3-7-13(15)11-14(12)8-4-1/h12-13H,1-11H2. The van der Waals surface area contributed by atoms with Crippen molar-refractivity contribution in [1.29, 1.82) is 0 Å². The summed E-state index contributed by atoms with van der Waals surface area (Å²) in [4.78, 5) is 5.59. The maximum Gasteiger partial charge on any atom is 0.0223 e. The van der Waals surface area contributed by atoms with Crippen LogP contribution in [0.15, 0.2) is 0 Å². The first-order chi connectivity index (χ1) is 7.43. The monoisotopic (exact) mass is 208 g/mol. The highest BCUT2D eigenvalue weighted by atomic mass is 15.3. The van der Waals surface area contributed by atoms with E-state index in [1.807, 2.05) is 0 Å². The minimum Gasteiger partial charge on any atom is -0.298 e. The first kappa shape index (κ1) is 10.1. The van der Waals surface area contributed by atoms with E-state index in [4.69, 9.17) is 0 Å². The van der Waals surface area contributed by atoms with E-state index in [1.54, 1.807) is 0 Å². The molecule has 3 aliphatic rings. The zero-order valence-electron chi connectivity index (χ0n) is 9.83. The van der Waals surface area contributed by atoms with Gasteiger partial charge in [-0.3, -0.25) is 9.80 Å². The maximum absolute atomic E-state index is 2.81. The van der Waals surface area contributed by atoms with Gasteiger partial charge in [0.15, 0.2) is 0 Å². The lowest BCUT2D eigenvalue weighted by atomic mass is 9.95. The predicted molar refractivity (Wildman–Crippen MR) is 63.0 cm³/mol. The molecule has 3 fully saturated rings. The number of fused-ring (bicyclic) bond motifs is 2. The van der Waals surface area contributed by atoms with Gasteiger partial charge in [-0.25, -0.2) is 0 Å². The molecule has 2 unspecified atom stereocenters. The minimum atomic E-state index is 0.904. The highest BCUT2D eigenvalue weighted by molar-refractivity contribution is 4.91. The number of nitrogens with zero attached hydrogens (tertiary/aromatic N) is 2. The summed E-state index contributed by atoms with van der Waals surface area (Å²) in [6.45, 7) is 5.53. The van der Waals surface area contributed by atoms with E-state index in [1.165, 1.54) is 71.1 Å². The second-order valence-electron chi connectivity index (χ2n) is 5.64. The largest absolute Gasteiger partial charge is 0.298 e. The summed E-state index contributed by atoms with van der Waals surface area (Å²) in [5, 5.41) is 0. The molecule has 3 heterocycles. The van der Waals surface area contributed by atoms with Gasteiger partial charge in [0.2, 0.25) is 0 Å². The molecule has 0 spiro atoms. The van der Waals surface area contributed by atoms with Crippen molar-refractivity contribution >= 4 is 0 Å². The molecule has 0 amide bonds. The van der Waals surface area contributed by atoms with Crippen LogP contribution in [0.25, 0.3) is 0 Å². The van der Waals surface area contributed by atoms with Gasteiger partial charge in [0.1, 0.15) is 0 Å². The average molecular weight is 208 g/mol. The molecule has 2 heteroatoms. The molecule has 2 atom stereocenters. The van der Waals surface area contributed by atoms with E-state index < -0.39 is 0 Å². The van der Waals surface area contributed by atoms with E-state index >= 15 is 0 Å². The molecule has 0 aromatic heterocycles. The first-order valence-corrected chi connectivity index (χ1v) is 6.91. The molecule has 86 valence electrons. The molecule has 0 aromatic carbocycles. The Hall–Kier alpha value is -0.0800. The summed E-state index contributed by atoms with van der Waals surface area (Å²) in [6, 6.07) is 1.81. The zero-order chi connectivity index (χ0) is 10.1. The van der Waals surface area contributed by atoms with Gasteiger partial charge in [-0.05, 0) is 38.8 Å². The molecule has 3 saturated heterocycles. The van der Waals surface area contributed by atoms with Gasteiger partial charge in [-0.1, -0.05) is 19.3 Å². The third-order valence-electron chi connectivity index (χ3n) is 4.64. The number of piperazine rings is 1. The highest BCUT2D eigenvalue weighted by Crippen LogP contribution is 2.28. The fraction of sp³-hybridized carbons (Fsp3) is 1.00. The van der Waals surface area contributed by atoms with Crippen LogP contribution in [0.5, 0.6) is 0 Å². The fourth-order valence-electron chi connectivity index (χ4n) is 3.73. The van der Waals surface area contributed by atoms with Gasteiger partial charge in [0, 0.05) is 25.2 Å². The van der Waals surface area contributed by atoms with Crippen LogP contribution in [0.4, 0.5) is 0 Å². The Morgan fingerprint density at radius 1 is 0.600 bits per heavy atom. The Morgan fingerprint density at radius 2 is 1.13 bits per heavy atom. The van der Waals surface area contributed by atoms with Crippen LogP contribution < -0.4 is 0 Å². The summed E-state index contributed by atoms with van der Waals surface area (Å²) >= 11 is 0. The van der Waals surface area contributed by atoms with Gasteiger partial charge >= 0.3 is 0 Å². The summed E-state index contributed by atoms with van der Waals surface area (Å²) in [7, 11) is 0. The maximum atomic E-state index is 2.81. The van der Waals surface area contributed by atoms with Gasteiger partial charge in [0.25, 0.3) is 0 Å². The van der Waals surface area contributed by atoms with Gasteiger partial charge in [-0.2, -0.15) is 0 Å². The zero-order valence-corrected chi connectivity index (χ0v) is 9.83. The van der Waals surface area contributed by atoms with E-state index in [9.17, 15) is 0 Å². The molecular formula is C13H24N2. The van der Waals surface area contributed by atoms with Crippen molar-refractivity contribution in [3.05, 3.63) is 0 Å². The Bertz CT molecular complexity index is 195. The SMILES string of the molecule is C1CCC2CN3CCCCC3CN2CC1.